The predicted octanol–water partition coefficient (Wildman–Crippen LogP) is 2.01. The summed E-state index contributed by atoms with van der Waals surface area (Å²) < 4.78 is 1.87. The average Bonchev–Trinajstić information content (AvgIpc) is 2.81. The van der Waals surface area contributed by atoms with Crippen molar-refractivity contribution < 1.29 is 0 Å². The molecule has 1 fully saturated rings. The first-order chi connectivity index (χ1) is 8.79. The molecule has 1 aromatic heterocycles. The predicted molar refractivity (Wildman–Crippen MR) is 76.9 cm³/mol. The first kappa shape index (κ1) is 13.9. The highest BCUT2D eigenvalue weighted by Crippen LogP contribution is 2.28. The summed E-state index contributed by atoms with van der Waals surface area (Å²) >= 11 is 2.14. The van der Waals surface area contributed by atoms with Crippen molar-refractivity contribution in [2.75, 3.05) is 12.8 Å². The van der Waals surface area contributed by atoms with Gasteiger partial charge in [0.15, 0.2) is 0 Å². The lowest BCUT2D eigenvalue weighted by atomic mass is 10.0. The monoisotopic (exact) mass is 268 g/mol. The van der Waals surface area contributed by atoms with Crippen molar-refractivity contribution in [2.45, 2.75) is 49.8 Å². The fourth-order valence-corrected chi connectivity index (χ4v) is 3.91. The van der Waals surface area contributed by atoms with Gasteiger partial charge in [0.1, 0.15) is 12.2 Å². The van der Waals surface area contributed by atoms with Gasteiger partial charge >= 0.3 is 0 Å². The van der Waals surface area contributed by atoms with E-state index in [1.54, 1.807) is 6.33 Å². The van der Waals surface area contributed by atoms with Crippen LogP contribution < -0.4 is 5.32 Å². The third-order valence-electron chi connectivity index (χ3n) is 3.73. The van der Waals surface area contributed by atoms with Crippen LogP contribution in [0.5, 0.6) is 0 Å². The largest absolute Gasteiger partial charge is 0.316 e. The van der Waals surface area contributed by atoms with Crippen molar-refractivity contribution in [2.24, 2.45) is 7.05 Å². The molecule has 2 rings (SSSR count). The minimum atomic E-state index is 0.500. The number of nitrogens with one attached hydrogen (secondary N) is 1. The van der Waals surface area contributed by atoms with Crippen LogP contribution in [0.25, 0.3) is 0 Å². The number of aromatic nitrogens is 3. The Morgan fingerprint density at radius 2 is 2.22 bits per heavy atom. The van der Waals surface area contributed by atoms with Crippen LogP contribution in [0, 0.1) is 0 Å². The van der Waals surface area contributed by atoms with E-state index in [-0.39, 0.29) is 0 Å². The number of hydrogen-bond acceptors (Lipinski definition) is 4. The Labute approximate surface area is 114 Å². The molecule has 0 aromatic carbocycles. The van der Waals surface area contributed by atoms with Crippen LogP contribution in [0.3, 0.4) is 0 Å². The van der Waals surface area contributed by atoms with E-state index in [0.717, 1.165) is 17.5 Å². The lowest BCUT2D eigenvalue weighted by molar-refractivity contribution is 0.513. The van der Waals surface area contributed by atoms with Gasteiger partial charge in [-0.1, -0.05) is 19.3 Å². The molecule has 1 unspecified atom stereocenters. The molecule has 0 bridgehead atoms. The topological polar surface area (TPSA) is 42.7 Å². The maximum Gasteiger partial charge on any atom is 0.138 e. The van der Waals surface area contributed by atoms with Crippen LogP contribution in [0.4, 0.5) is 0 Å². The Morgan fingerprint density at radius 1 is 1.44 bits per heavy atom. The standard InChI is InChI=1S/C13H24N4S/c1-14-11(8-13-15-10-16-17(13)2)9-18-12-6-4-3-5-7-12/h10-12,14H,3-9H2,1-2H3. The molecule has 1 N–H and O–H groups in total. The Morgan fingerprint density at radius 3 is 2.83 bits per heavy atom. The van der Waals surface area contributed by atoms with E-state index < -0.39 is 0 Å². The second kappa shape index (κ2) is 7.14. The van der Waals surface area contributed by atoms with E-state index in [2.05, 4.69) is 27.2 Å². The third kappa shape index (κ3) is 3.99. The van der Waals surface area contributed by atoms with E-state index in [9.17, 15) is 0 Å². The first-order valence-electron chi connectivity index (χ1n) is 6.91. The molecule has 4 nitrogen and oxygen atoms in total. The van der Waals surface area contributed by atoms with Crippen LogP contribution in [0.15, 0.2) is 6.33 Å². The molecule has 18 heavy (non-hydrogen) atoms. The van der Waals surface area contributed by atoms with Crippen LogP contribution in [0.2, 0.25) is 0 Å². The summed E-state index contributed by atoms with van der Waals surface area (Å²) in [5.74, 6) is 2.24. The van der Waals surface area contributed by atoms with Crippen molar-refractivity contribution in [3.05, 3.63) is 12.2 Å². The minimum absolute atomic E-state index is 0.500. The molecule has 1 aliphatic rings. The van der Waals surface area contributed by atoms with Gasteiger partial charge in [-0.05, 0) is 19.9 Å². The second-order valence-corrected chi connectivity index (χ2v) is 6.42. The molecular weight excluding hydrogens is 244 g/mol. The molecule has 0 spiro atoms. The summed E-state index contributed by atoms with van der Waals surface area (Å²) in [7, 11) is 4.01. The lowest BCUT2D eigenvalue weighted by Crippen LogP contribution is -2.32. The van der Waals surface area contributed by atoms with Gasteiger partial charge in [-0.25, -0.2) is 4.98 Å². The van der Waals surface area contributed by atoms with Crippen LogP contribution >= 0.6 is 11.8 Å². The second-order valence-electron chi connectivity index (χ2n) is 5.08. The molecule has 0 aliphatic heterocycles. The summed E-state index contributed by atoms with van der Waals surface area (Å²) in [5, 5.41) is 8.41. The molecular formula is C13H24N4S. The van der Waals surface area contributed by atoms with Crippen LogP contribution in [0.1, 0.15) is 37.9 Å². The SMILES string of the molecule is CNC(CSC1CCCCC1)Cc1ncnn1C. The van der Waals surface area contributed by atoms with Gasteiger partial charge in [-0.3, -0.25) is 4.68 Å². The van der Waals surface area contributed by atoms with E-state index in [1.807, 2.05) is 18.8 Å². The van der Waals surface area contributed by atoms with E-state index in [4.69, 9.17) is 0 Å². The lowest BCUT2D eigenvalue weighted by Gasteiger charge is -2.23. The summed E-state index contributed by atoms with van der Waals surface area (Å²) in [5.41, 5.74) is 0. The Balaban J connectivity index is 1.76. The number of thioether (sulfide) groups is 1. The van der Waals surface area contributed by atoms with Crippen LogP contribution in [-0.2, 0) is 13.5 Å². The molecule has 0 radical (unpaired) electrons. The zero-order valence-electron chi connectivity index (χ0n) is 11.4. The number of hydrogen-bond donors (Lipinski definition) is 1. The first-order valence-corrected chi connectivity index (χ1v) is 7.96. The summed E-state index contributed by atoms with van der Waals surface area (Å²) in [6, 6.07) is 0.500. The van der Waals surface area contributed by atoms with Crippen molar-refractivity contribution in [3.63, 3.8) is 0 Å². The normalized spacial score (nSPS) is 19.0. The minimum Gasteiger partial charge on any atom is -0.316 e. The van der Waals surface area contributed by atoms with Gasteiger partial charge in [0.25, 0.3) is 0 Å². The van der Waals surface area contributed by atoms with Gasteiger partial charge < -0.3 is 5.32 Å². The summed E-state index contributed by atoms with van der Waals surface area (Å²) in [6.45, 7) is 0. The van der Waals surface area contributed by atoms with Gasteiger partial charge in [-0.15, -0.1) is 0 Å². The Bertz CT molecular complexity index is 347. The smallest absolute Gasteiger partial charge is 0.138 e. The molecule has 0 amide bonds. The highest BCUT2D eigenvalue weighted by molar-refractivity contribution is 7.99. The van der Waals surface area contributed by atoms with Crippen molar-refractivity contribution in [3.8, 4) is 0 Å². The number of nitrogens with zero attached hydrogens (tertiary/aromatic N) is 3. The fraction of sp³-hybridized carbons (Fsp3) is 0.846. The van der Waals surface area contributed by atoms with E-state index in [1.165, 1.54) is 37.9 Å². The van der Waals surface area contributed by atoms with E-state index in [0.29, 0.717) is 6.04 Å². The number of rotatable bonds is 6. The Kier molecular flexibility index (Phi) is 5.50. The molecule has 5 heteroatoms. The Hall–Kier alpha value is -0.550. The number of aryl methyl sites for hydroxylation is 1. The molecule has 1 aromatic rings. The van der Waals surface area contributed by atoms with Gasteiger partial charge in [0.2, 0.25) is 0 Å². The van der Waals surface area contributed by atoms with Crippen molar-refractivity contribution >= 4 is 11.8 Å². The maximum absolute atomic E-state index is 4.30. The van der Waals surface area contributed by atoms with Gasteiger partial charge in [0, 0.05) is 30.5 Å². The molecule has 1 heterocycles. The third-order valence-corrected chi connectivity index (χ3v) is 5.27. The highest BCUT2D eigenvalue weighted by atomic mass is 32.2. The van der Waals surface area contributed by atoms with Gasteiger partial charge in [-0.2, -0.15) is 16.9 Å². The van der Waals surface area contributed by atoms with E-state index >= 15 is 0 Å². The van der Waals surface area contributed by atoms with Gasteiger partial charge in [0.05, 0.1) is 0 Å². The van der Waals surface area contributed by atoms with Crippen LogP contribution in [-0.4, -0.2) is 38.9 Å². The van der Waals surface area contributed by atoms with Crippen molar-refractivity contribution in [1.82, 2.24) is 20.1 Å². The maximum atomic E-state index is 4.30. The zero-order chi connectivity index (χ0) is 12.8. The van der Waals surface area contributed by atoms with Crippen molar-refractivity contribution in [1.29, 1.82) is 0 Å². The average molecular weight is 268 g/mol. The highest BCUT2D eigenvalue weighted by Gasteiger charge is 2.17. The fourth-order valence-electron chi connectivity index (χ4n) is 2.45. The molecule has 102 valence electrons. The summed E-state index contributed by atoms with van der Waals surface area (Å²) in [4.78, 5) is 4.30. The molecule has 1 atom stereocenters. The number of likely N-dealkylation sites (N-methyl/N-ethyl adjacent to an activating group) is 1. The zero-order valence-corrected chi connectivity index (χ0v) is 12.2. The summed E-state index contributed by atoms with van der Waals surface area (Å²) in [6.07, 6.45) is 9.70. The molecule has 1 aliphatic carbocycles. The molecule has 0 saturated heterocycles. The quantitative estimate of drug-likeness (QED) is 0.857. The molecule has 1 saturated carbocycles.